The summed E-state index contributed by atoms with van der Waals surface area (Å²) in [5.74, 6) is 0. The largest absolute Gasteiger partial charge is 0.456 e. The first-order chi connectivity index (χ1) is 29.7. The van der Waals surface area contributed by atoms with E-state index in [0.29, 0.717) is 0 Å². The molecule has 10 aromatic carbocycles. The van der Waals surface area contributed by atoms with Gasteiger partial charge < -0.3 is 13.7 Å². The van der Waals surface area contributed by atoms with Crippen molar-refractivity contribution in [3.05, 3.63) is 200 Å². The SMILES string of the molecule is c1ccc2cc(-c3ccc(N(c4ccc(-c5cccc6c5oc5c6ccc6oc7ccccc7c65)cc4)c4cccc5c4sc4cc6ccccc6cc45)cc3)ccc2c1. The van der Waals surface area contributed by atoms with Crippen LogP contribution in [0.25, 0.3) is 108 Å². The van der Waals surface area contributed by atoms with Crippen LogP contribution in [-0.2, 0) is 0 Å². The van der Waals surface area contributed by atoms with Crippen LogP contribution in [0, 0.1) is 0 Å². The molecule has 0 aliphatic carbocycles. The molecule has 0 fully saturated rings. The number of hydrogen-bond acceptors (Lipinski definition) is 4. The second-order valence-electron chi connectivity index (χ2n) is 15.6. The van der Waals surface area contributed by atoms with E-state index in [4.69, 9.17) is 8.83 Å². The lowest BCUT2D eigenvalue weighted by Gasteiger charge is -2.26. The molecule has 13 aromatic rings. The van der Waals surface area contributed by atoms with Gasteiger partial charge in [0.05, 0.1) is 15.8 Å². The highest BCUT2D eigenvalue weighted by Crippen LogP contribution is 2.47. The zero-order chi connectivity index (χ0) is 39.3. The lowest BCUT2D eigenvalue weighted by Crippen LogP contribution is -2.10. The summed E-state index contributed by atoms with van der Waals surface area (Å²) in [7, 11) is 0. The molecule has 0 N–H and O–H groups in total. The Hall–Kier alpha value is -7.66. The van der Waals surface area contributed by atoms with E-state index in [1.54, 1.807) is 0 Å². The maximum Gasteiger partial charge on any atom is 0.147 e. The number of anilines is 3. The molecule has 0 unspecified atom stereocenters. The van der Waals surface area contributed by atoms with Crippen LogP contribution < -0.4 is 4.90 Å². The van der Waals surface area contributed by atoms with Crippen molar-refractivity contribution in [2.45, 2.75) is 0 Å². The van der Waals surface area contributed by atoms with Gasteiger partial charge >= 0.3 is 0 Å². The third kappa shape index (κ3) is 5.08. The summed E-state index contributed by atoms with van der Waals surface area (Å²) in [5, 5.41) is 11.8. The summed E-state index contributed by atoms with van der Waals surface area (Å²) in [6.45, 7) is 0. The Labute approximate surface area is 348 Å². The third-order valence-electron chi connectivity index (χ3n) is 12.2. The fourth-order valence-electron chi connectivity index (χ4n) is 9.33. The fourth-order valence-corrected chi connectivity index (χ4v) is 10.6. The van der Waals surface area contributed by atoms with Gasteiger partial charge in [-0.1, -0.05) is 133 Å². The molecule has 280 valence electrons. The third-order valence-corrected chi connectivity index (χ3v) is 13.4. The standard InChI is InChI=1S/C56H33NO2S/c1-2-10-37-31-40(20-19-34(37)9-1)35-21-25-41(26-22-35)57(49-17-8-16-46-48-32-38-11-3-4-12-39(38)33-52(48)60-56(46)49)42-27-23-36(24-28-42)43-14-7-15-44-45-29-30-51-53(55(45)59-54(43)44)47-13-5-6-18-50(47)58-51/h1-33H. The first kappa shape index (κ1) is 33.3. The van der Waals surface area contributed by atoms with Crippen molar-refractivity contribution in [3.63, 3.8) is 0 Å². The molecule has 0 amide bonds. The van der Waals surface area contributed by atoms with Crippen molar-refractivity contribution in [3.8, 4) is 22.3 Å². The van der Waals surface area contributed by atoms with Gasteiger partial charge in [0.2, 0.25) is 0 Å². The van der Waals surface area contributed by atoms with Crippen LogP contribution in [0.5, 0.6) is 0 Å². The molecule has 0 atom stereocenters. The van der Waals surface area contributed by atoms with Crippen LogP contribution in [-0.4, -0.2) is 0 Å². The smallest absolute Gasteiger partial charge is 0.147 e. The number of thiophene rings is 1. The number of furan rings is 2. The maximum absolute atomic E-state index is 6.84. The predicted octanol–water partition coefficient (Wildman–Crippen LogP) is 17.0. The monoisotopic (exact) mass is 783 g/mol. The highest BCUT2D eigenvalue weighted by molar-refractivity contribution is 7.26. The molecule has 0 aliphatic heterocycles. The van der Waals surface area contributed by atoms with Crippen LogP contribution in [0.3, 0.4) is 0 Å². The highest BCUT2D eigenvalue weighted by Gasteiger charge is 2.21. The Morgan fingerprint density at radius 1 is 0.367 bits per heavy atom. The van der Waals surface area contributed by atoms with Crippen molar-refractivity contribution in [2.75, 3.05) is 4.90 Å². The second-order valence-corrected chi connectivity index (χ2v) is 16.7. The average molecular weight is 784 g/mol. The zero-order valence-electron chi connectivity index (χ0n) is 32.2. The molecule has 0 saturated carbocycles. The predicted molar refractivity (Wildman–Crippen MR) is 254 cm³/mol. The Kier molecular flexibility index (Phi) is 7.18. The van der Waals surface area contributed by atoms with E-state index in [0.717, 1.165) is 72.1 Å². The van der Waals surface area contributed by atoms with Crippen LogP contribution in [0.15, 0.2) is 209 Å². The van der Waals surface area contributed by atoms with Crippen LogP contribution in [0.2, 0.25) is 0 Å². The van der Waals surface area contributed by atoms with Crippen LogP contribution >= 0.6 is 11.3 Å². The molecule has 60 heavy (non-hydrogen) atoms. The zero-order valence-corrected chi connectivity index (χ0v) is 33.0. The van der Waals surface area contributed by atoms with Gasteiger partial charge in [-0.15, -0.1) is 11.3 Å². The Morgan fingerprint density at radius 2 is 1.00 bits per heavy atom. The van der Waals surface area contributed by atoms with Crippen molar-refractivity contribution < 1.29 is 8.83 Å². The van der Waals surface area contributed by atoms with Gasteiger partial charge in [0.25, 0.3) is 0 Å². The summed E-state index contributed by atoms with van der Waals surface area (Å²) in [4.78, 5) is 2.41. The van der Waals surface area contributed by atoms with Gasteiger partial charge in [0, 0.05) is 48.6 Å². The van der Waals surface area contributed by atoms with E-state index in [1.165, 1.54) is 52.8 Å². The summed E-state index contributed by atoms with van der Waals surface area (Å²) in [6.07, 6.45) is 0. The van der Waals surface area contributed by atoms with Crippen molar-refractivity contribution in [2.24, 2.45) is 0 Å². The Bertz CT molecular complexity index is 3830. The molecule has 13 rings (SSSR count). The Balaban J connectivity index is 0.961. The molecule has 4 heteroatoms. The number of fused-ring (bicyclic) bond motifs is 12. The number of nitrogens with zero attached hydrogens (tertiary/aromatic N) is 1. The number of rotatable bonds is 5. The minimum atomic E-state index is 0.834. The van der Waals surface area contributed by atoms with E-state index >= 15 is 0 Å². The van der Waals surface area contributed by atoms with E-state index in [1.807, 2.05) is 23.5 Å². The topological polar surface area (TPSA) is 29.5 Å². The number of benzene rings is 10. The summed E-state index contributed by atoms with van der Waals surface area (Å²) >= 11 is 1.87. The number of hydrogen-bond donors (Lipinski definition) is 0. The lowest BCUT2D eigenvalue weighted by atomic mass is 10.00. The molecule has 3 nitrogen and oxygen atoms in total. The summed E-state index contributed by atoms with van der Waals surface area (Å²) in [5.41, 5.74) is 11.3. The van der Waals surface area contributed by atoms with E-state index in [2.05, 4.69) is 193 Å². The molecule has 0 bridgehead atoms. The maximum atomic E-state index is 6.84. The lowest BCUT2D eigenvalue weighted by molar-refractivity contribution is 0.663. The normalized spacial score (nSPS) is 12.0. The first-order valence-corrected chi connectivity index (χ1v) is 21.1. The van der Waals surface area contributed by atoms with Gasteiger partial charge in [0.15, 0.2) is 0 Å². The van der Waals surface area contributed by atoms with E-state index in [-0.39, 0.29) is 0 Å². The summed E-state index contributed by atoms with van der Waals surface area (Å²) < 4.78 is 15.6. The minimum absolute atomic E-state index is 0.834. The molecular weight excluding hydrogens is 751 g/mol. The molecular formula is C56H33NO2S. The van der Waals surface area contributed by atoms with Gasteiger partial charge in [-0.25, -0.2) is 0 Å². The van der Waals surface area contributed by atoms with Crippen molar-refractivity contribution >= 4 is 114 Å². The first-order valence-electron chi connectivity index (χ1n) is 20.3. The minimum Gasteiger partial charge on any atom is -0.456 e. The molecule has 3 aromatic heterocycles. The van der Waals surface area contributed by atoms with Gasteiger partial charge in [-0.05, 0) is 105 Å². The quantitative estimate of drug-likeness (QED) is 0.174. The van der Waals surface area contributed by atoms with Crippen LogP contribution in [0.4, 0.5) is 17.1 Å². The number of para-hydroxylation sites is 2. The van der Waals surface area contributed by atoms with Crippen molar-refractivity contribution in [1.82, 2.24) is 0 Å². The average Bonchev–Trinajstić information content (AvgIpc) is 4.00. The molecule has 0 spiro atoms. The van der Waals surface area contributed by atoms with E-state index in [9.17, 15) is 0 Å². The molecule has 0 aliphatic rings. The molecule has 3 heterocycles. The van der Waals surface area contributed by atoms with Gasteiger partial charge in [-0.2, -0.15) is 0 Å². The molecule has 0 saturated heterocycles. The molecule has 0 radical (unpaired) electrons. The second kappa shape index (κ2) is 12.9. The van der Waals surface area contributed by atoms with E-state index < -0.39 is 0 Å². The van der Waals surface area contributed by atoms with Gasteiger partial charge in [-0.3, -0.25) is 0 Å². The van der Waals surface area contributed by atoms with Crippen LogP contribution in [0.1, 0.15) is 0 Å². The van der Waals surface area contributed by atoms with Crippen molar-refractivity contribution in [1.29, 1.82) is 0 Å². The summed E-state index contributed by atoms with van der Waals surface area (Å²) in [6, 6.07) is 72.1. The fraction of sp³-hybridized carbons (Fsp3) is 0. The van der Waals surface area contributed by atoms with Gasteiger partial charge in [0.1, 0.15) is 22.3 Å². The highest BCUT2D eigenvalue weighted by atomic mass is 32.1. The Morgan fingerprint density at radius 3 is 1.82 bits per heavy atom.